The summed E-state index contributed by atoms with van der Waals surface area (Å²) in [5.74, 6) is -1.04. The number of carbonyl (C=O) groups is 2. The zero-order chi connectivity index (χ0) is 14.9. The van der Waals surface area contributed by atoms with Crippen LogP contribution in [0.3, 0.4) is 0 Å². The number of carboxylic acid groups (broad SMARTS) is 1. The second kappa shape index (κ2) is 5.64. The number of aliphatic carboxylic acids is 1. The molecule has 1 aromatic heterocycles. The SMILES string of the molecule is Cc1cc(CN(C)C(=O)C2CC(C)CC2C(=O)O)no1. The van der Waals surface area contributed by atoms with E-state index in [4.69, 9.17) is 4.52 Å². The highest BCUT2D eigenvalue weighted by Crippen LogP contribution is 2.37. The molecule has 20 heavy (non-hydrogen) atoms. The number of amides is 1. The number of hydrogen-bond donors (Lipinski definition) is 1. The van der Waals surface area contributed by atoms with E-state index < -0.39 is 17.8 Å². The molecule has 110 valence electrons. The molecule has 1 heterocycles. The molecule has 0 bridgehead atoms. The van der Waals surface area contributed by atoms with Gasteiger partial charge in [-0.1, -0.05) is 12.1 Å². The van der Waals surface area contributed by atoms with Gasteiger partial charge in [0.05, 0.1) is 18.4 Å². The van der Waals surface area contributed by atoms with Crippen LogP contribution in [0.1, 0.15) is 31.2 Å². The Kier molecular flexibility index (Phi) is 4.11. The van der Waals surface area contributed by atoms with Crippen LogP contribution >= 0.6 is 0 Å². The Bertz CT molecular complexity index is 511. The van der Waals surface area contributed by atoms with Crippen molar-refractivity contribution in [3.05, 3.63) is 17.5 Å². The molecule has 0 aliphatic heterocycles. The van der Waals surface area contributed by atoms with Gasteiger partial charge in [-0.3, -0.25) is 9.59 Å². The molecule has 0 spiro atoms. The monoisotopic (exact) mass is 280 g/mol. The van der Waals surface area contributed by atoms with Crippen molar-refractivity contribution in [3.8, 4) is 0 Å². The highest BCUT2D eigenvalue weighted by molar-refractivity contribution is 5.85. The van der Waals surface area contributed by atoms with E-state index in [2.05, 4.69) is 5.16 Å². The predicted octanol–water partition coefficient (Wildman–Crippen LogP) is 1.69. The minimum absolute atomic E-state index is 0.123. The molecular weight excluding hydrogens is 260 g/mol. The number of carbonyl (C=O) groups excluding carboxylic acids is 1. The molecule has 1 aromatic rings. The molecule has 0 saturated heterocycles. The van der Waals surface area contributed by atoms with Gasteiger partial charge in [0.25, 0.3) is 0 Å². The first-order chi connectivity index (χ1) is 9.38. The standard InChI is InChI=1S/C14H20N2O4/c1-8-4-11(12(5-8)14(18)19)13(17)16(3)7-10-6-9(2)20-15-10/h6,8,11-12H,4-5,7H2,1-3H3,(H,18,19). The molecule has 2 rings (SSSR count). The second-order valence-corrected chi connectivity index (χ2v) is 5.75. The third-order valence-corrected chi connectivity index (χ3v) is 3.88. The average Bonchev–Trinajstić information content (AvgIpc) is 2.94. The molecule has 1 aliphatic carbocycles. The maximum atomic E-state index is 12.4. The van der Waals surface area contributed by atoms with E-state index in [0.29, 0.717) is 30.8 Å². The van der Waals surface area contributed by atoms with Crippen molar-refractivity contribution < 1.29 is 19.2 Å². The van der Waals surface area contributed by atoms with Crippen LogP contribution in [0.2, 0.25) is 0 Å². The fourth-order valence-corrected chi connectivity index (χ4v) is 2.93. The minimum Gasteiger partial charge on any atom is -0.481 e. The number of hydrogen-bond acceptors (Lipinski definition) is 4. The number of aryl methyl sites for hydroxylation is 1. The average molecular weight is 280 g/mol. The number of nitrogens with zero attached hydrogens (tertiary/aromatic N) is 2. The molecule has 6 heteroatoms. The maximum Gasteiger partial charge on any atom is 0.307 e. The van der Waals surface area contributed by atoms with E-state index in [1.54, 1.807) is 20.0 Å². The maximum absolute atomic E-state index is 12.4. The molecule has 3 unspecified atom stereocenters. The molecule has 1 N–H and O–H groups in total. The first-order valence-electron chi connectivity index (χ1n) is 6.78. The number of carboxylic acids is 1. The number of rotatable bonds is 4. The number of aromatic nitrogens is 1. The van der Waals surface area contributed by atoms with Gasteiger partial charge >= 0.3 is 5.97 Å². The lowest BCUT2D eigenvalue weighted by atomic mass is 9.95. The largest absolute Gasteiger partial charge is 0.481 e. The van der Waals surface area contributed by atoms with Gasteiger partial charge in [-0.25, -0.2) is 0 Å². The van der Waals surface area contributed by atoms with Crippen LogP contribution in [0, 0.1) is 24.7 Å². The summed E-state index contributed by atoms with van der Waals surface area (Å²) in [5, 5.41) is 13.1. The van der Waals surface area contributed by atoms with Crippen molar-refractivity contribution in [2.45, 2.75) is 33.2 Å². The molecule has 0 aromatic carbocycles. The van der Waals surface area contributed by atoms with Crippen molar-refractivity contribution >= 4 is 11.9 Å². The Hall–Kier alpha value is -1.85. The lowest BCUT2D eigenvalue weighted by Gasteiger charge is -2.22. The van der Waals surface area contributed by atoms with Crippen LogP contribution in [0.15, 0.2) is 10.6 Å². The van der Waals surface area contributed by atoms with E-state index >= 15 is 0 Å². The van der Waals surface area contributed by atoms with Gasteiger partial charge in [0.1, 0.15) is 11.5 Å². The van der Waals surface area contributed by atoms with Crippen molar-refractivity contribution in [2.24, 2.45) is 17.8 Å². The first kappa shape index (κ1) is 14.6. The minimum atomic E-state index is -0.876. The smallest absolute Gasteiger partial charge is 0.307 e. The molecular formula is C14H20N2O4. The van der Waals surface area contributed by atoms with Crippen molar-refractivity contribution in [1.82, 2.24) is 10.1 Å². The summed E-state index contributed by atoms with van der Waals surface area (Å²) in [6.07, 6.45) is 1.21. The zero-order valence-corrected chi connectivity index (χ0v) is 12.0. The van der Waals surface area contributed by atoms with Gasteiger partial charge in [-0.15, -0.1) is 0 Å². The lowest BCUT2D eigenvalue weighted by Crippen LogP contribution is -2.36. The Morgan fingerprint density at radius 2 is 2.10 bits per heavy atom. The summed E-state index contributed by atoms with van der Waals surface area (Å²) in [7, 11) is 1.67. The molecule has 1 aliphatic rings. The van der Waals surface area contributed by atoms with Crippen LogP contribution < -0.4 is 0 Å². The van der Waals surface area contributed by atoms with Crippen molar-refractivity contribution in [3.63, 3.8) is 0 Å². The Balaban J connectivity index is 2.04. The Labute approximate surface area is 117 Å². The van der Waals surface area contributed by atoms with E-state index in [0.717, 1.165) is 0 Å². The van der Waals surface area contributed by atoms with Gasteiger partial charge < -0.3 is 14.5 Å². The molecule has 3 atom stereocenters. The topological polar surface area (TPSA) is 83.6 Å². The van der Waals surface area contributed by atoms with Crippen molar-refractivity contribution in [1.29, 1.82) is 0 Å². The fourth-order valence-electron chi connectivity index (χ4n) is 2.93. The molecule has 1 saturated carbocycles. The molecule has 6 nitrogen and oxygen atoms in total. The van der Waals surface area contributed by atoms with E-state index in [-0.39, 0.29) is 11.8 Å². The van der Waals surface area contributed by atoms with Gasteiger partial charge in [0.15, 0.2) is 0 Å². The highest BCUT2D eigenvalue weighted by Gasteiger charge is 2.42. The summed E-state index contributed by atoms with van der Waals surface area (Å²) in [5.41, 5.74) is 0.677. The van der Waals surface area contributed by atoms with Crippen LogP contribution in [0.4, 0.5) is 0 Å². The summed E-state index contributed by atoms with van der Waals surface area (Å²) in [6, 6.07) is 1.77. The van der Waals surface area contributed by atoms with Crippen LogP contribution in [-0.2, 0) is 16.1 Å². The van der Waals surface area contributed by atoms with E-state index in [9.17, 15) is 14.7 Å². The summed E-state index contributed by atoms with van der Waals surface area (Å²) < 4.78 is 4.96. The lowest BCUT2D eigenvalue weighted by molar-refractivity contribution is -0.148. The second-order valence-electron chi connectivity index (χ2n) is 5.75. The van der Waals surface area contributed by atoms with E-state index in [1.807, 2.05) is 6.92 Å². The summed E-state index contributed by atoms with van der Waals surface area (Å²) in [4.78, 5) is 25.2. The quantitative estimate of drug-likeness (QED) is 0.907. The van der Waals surface area contributed by atoms with Crippen LogP contribution in [-0.4, -0.2) is 34.1 Å². The third kappa shape index (κ3) is 3.00. The van der Waals surface area contributed by atoms with Crippen LogP contribution in [0.5, 0.6) is 0 Å². The third-order valence-electron chi connectivity index (χ3n) is 3.88. The van der Waals surface area contributed by atoms with Crippen molar-refractivity contribution in [2.75, 3.05) is 7.05 Å². The molecule has 1 amide bonds. The summed E-state index contributed by atoms with van der Waals surface area (Å²) >= 11 is 0. The van der Waals surface area contributed by atoms with Gasteiger partial charge in [0, 0.05) is 13.1 Å². The van der Waals surface area contributed by atoms with Gasteiger partial charge in [0.2, 0.25) is 5.91 Å². The van der Waals surface area contributed by atoms with Gasteiger partial charge in [-0.05, 0) is 25.7 Å². The normalized spacial score (nSPS) is 25.6. The first-order valence-corrected chi connectivity index (χ1v) is 6.78. The predicted molar refractivity (Wildman–Crippen MR) is 70.7 cm³/mol. The fraction of sp³-hybridized carbons (Fsp3) is 0.643. The molecule has 1 fully saturated rings. The van der Waals surface area contributed by atoms with E-state index in [1.165, 1.54) is 4.90 Å². The van der Waals surface area contributed by atoms with Gasteiger partial charge in [-0.2, -0.15) is 0 Å². The Morgan fingerprint density at radius 1 is 1.45 bits per heavy atom. The molecule has 0 radical (unpaired) electrons. The zero-order valence-electron chi connectivity index (χ0n) is 12.0. The highest BCUT2D eigenvalue weighted by atomic mass is 16.5. The summed E-state index contributed by atoms with van der Waals surface area (Å²) in [6.45, 7) is 4.12. The Morgan fingerprint density at radius 3 is 2.65 bits per heavy atom. The van der Waals surface area contributed by atoms with Crippen LogP contribution in [0.25, 0.3) is 0 Å².